The molecule has 1 heterocycles. The average Bonchev–Trinajstić information content (AvgIpc) is 2.22. The summed E-state index contributed by atoms with van der Waals surface area (Å²) in [6, 6.07) is 0. The first-order chi connectivity index (χ1) is 7.20. The number of nitrogens with zero attached hydrogens (tertiary/aromatic N) is 2. The van der Waals surface area contributed by atoms with Crippen LogP contribution in [-0.4, -0.2) is 36.1 Å². The van der Waals surface area contributed by atoms with E-state index in [9.17, 15) is 4.79 Å². The maximum atomic E-state index is 11.2. The Balaban J connectivity index is 2.99. The number of rotatable bonds is 5. The molecular formula is C8H16N6O. The quantitative estimate of drug-likeness (QED) is 0.450. The summed E-state index contributed by atoms with van der Waals surface area (Å²) >= 11 is 0. The Morgan fingerprint density at radius 2 is 1.93 bits per heavy atom. The Morgan fingerprint density at radius 3 is 2.47 bits per heavy atom. The largest absolute Gasteiger partial charge is 0.391 e. The van der Waals surface area contributed by atoms with Gasteiger partial charge in [0, 0.05) is 26.2 Å². The summed E-state index contributed by atoms with van der Waals surface area (Å²) in [7, 11) is 0. The minimum absolute atomic E-state index is 0.0967. The van der Waals surface area contributed by atoms with Crippen LogP contribution in [0.1, 0.15) is 0 Å². The molecule has 1 aromatic rings. The molecule has 0 spiro atoms. The zero-order valence-corrected chi connectivity index (χ0v) is 8.44. The molecular weight excluding hydrogens is 196 g/mol. The predicted molar refractivity (Wildman–Crippen MR) is 59.6 cm³/mol. The van der Waals surface area contributed by atoms with Crippen molar-refractivity contribution in [3.63, 3.8) is 0 Å². The number of nitrogens with two attached hydrogens (primary N) is 3. The van der Waals surface area contributed by atoms with E-state index in [0.29, 0.717) is 32.0 Å². The third-order valence-corrected chi connectivity index (χ3v) is 1.97. The number of H-pyrrole nitrogens is 1. The monoisotopic (exact) mass is 212 g/mol. The van der Waals surface area contributed by atoms with Crippen molar-refractivity contribution in [1.82, 2.24) is 9.97 Å². The summed E-state index contributed by atoms with van der Waals surface area (Å²) in [5, 5.41) is 0. The lowest BCUT2D eigenvalue weighted by Gasteiger charge is -2.22. The van der Waals surface area contributed by atoms with E-state index >= 15 is 0 Å². The van der Waals surface area contributed by atoms with Gasteiger partial charge >= 0.3 is 0 Å². The maximum absolute atomic E-state index is 11.2. The highest BCUT2D eigenvalue weighted by Crippen LogP contribution is 2.13. The summed E-state index contributed by atoms with van der Waals surface area (Å²) in [6.45, 7) is 2.04. The molecule has 0 aromatic carbocycles. The lowest BCUT2D eigenvalue weighted by atomic mass is 10.4. The number of anilines is 2. The van der Waals surface area contributed by atoms with Gasteiger partial charge in [0.2, 0.25) is 0 Å². The van der Waals surface area contributed by atoms with Crippen molar-refractivity contribution in [3.05, 3.63) is 16.7 Å². The van der Waals surface area contributed by atoms with E-state index in [1.54, 1.807) is 4.90 Å². The molecule has 0 unspecified atom stereocenters. The van der Waals surface area contributed by atoms with Crippen LogP contribution in [0.15, 0.2) is 11.1 Å². The fourth-order valence-electron chi connectivity index (χ4n) is 1.29. The fraction of sp³-hybridized carbons (Fsp3) is 0.500. The number of aromatic amines is 1. The normalized spacial score (nSPS) is 10.3. The van der Waals surface area contributed by atoms with Gasteiger partial charge in [-0.1, -0.05) is 0 Å². The standard InChI is InChI=1S/C8H16N6O/c9-1-3-14(4-2-10)7-6(11)8(15)13-5-12-7/h5H,1-4,9-11H2,(H,12,13,15). The molecule has 0 radical (unpaired) electrons. The molecule has 1 aromatic heterocycles. The van der Waals surface area contributed by atoms with E-state index in [-0.39, 0.29) is 11.2 Å². The van der Waals surface area contributed by atoms with Crippen molar-refractivity contribution in [2.45, 2.75) is 0 Å². The van der Waals surface area contributed by atoms with E-state index in [4.69, 9.17) is 17.2 Å². The summed E-state index contributed by atoms with van der Waals surface area (Å²) in [4.78, 5) is 19.4. The van der Waals surface area contributed by atoms with Crippen LogP contribution in [0.3, 0.4) is 0 Å². The highest BCUT2D eigenvalue weighted by molar-refractivity contribution is 5.60. The van der Waals surface area contributed by atoms with E-state index in [1.165, 1.54) is 6.33 Å². The summed E-state index contributed by atoms with van der Waals surface area (Å²) in [5.74, 6) is 0.439. The van der Waals surface area contributed by atoms with E-state index < -0.39 is 0 Å². The molecule has 0 bridgehead atoms. The second-order valence-electron chi connectivity index (χ2n) is 3.03. The van der Waals surface area contributed by atoms with Gasteiger partial charge in [0.05, 0.1) is 6.33 Å². The molecule has 15 heavy (non-hydrogen) atoms. The molecule has 0 amide bonds. The number of nitrogens with one attached hydrogen (secondary N) is 1. The third kappa shape index (κ3) is 2.67. The zero-order valence-electron chi connectivity index (χ0n) is 8.44. The Labute approximate surface area is 87.3 Å². The summed E-state index contributed by atoms with van der Waals surface area (Å²) in [5.41, 5.74) is 16.3. The Morgan fingerprint density at radius 1 is 1.33 bits per heavy atom. The van der Waals surface area contributed by atoms with Gasteiger partial charge < -0.3 is 27.1 Å². The van der Waals surface area contributed by atoms with Crippen molar-refractivity contribution < 1.29 is 0 Å². The zero-order chi connectivity index (χ0) is 11.3. The molecule has 1 rings (SSSR count). The number of hydrogen-bond acceptors (Lipinski definition) is 6. The Hall–Kier alpha value is -1.60. The molecule has 7 N–H and O–H groups in total. The minimum atomic E-state index is -0.348. The first-order valence-electron chi connectivity index (χ1n) is 4.69. The van der Waals surface area contributed by atoms with Crippen LogP contribution in [-0.2, 0) is 0 Å². The molecule has 0 fully saturated rings. The lowest BCUT2D eigenvalue weighted by Crippen LogP contribution is -2.36. The Kier molecular flexibility index (Phi) is 4.07. The first-order valence-corrected chi connectivity index (χ1v) is 4.69. The van der Waals surface area contributed by atoms with Crippen molar-refractivity contribution in [2.24, 2.45) is 11.5 Å². The number of aromatic nitrogens is 2. The van der Waals surface area contributed by atoms with Gasteiger partial charge in [-0.15, -0.1) is 0 Å². The first kappa shape index (κ1) is 11.5. The van der Waals surface area contributed by atoms with Crippen molar-refractivity contribution in [2.75, 3.05) is 36.8 Å². The molecule has 0 saturated carbocycles. The van der Waals surface area contributed by atoms with Gasteiger partial charge in [-0.25, -0.2) is 4.98 Å². The van der Waals surface area contributed by atoms with Crippen molar-refractivity contribution in [1.29, 1.82) is 0 Å². The van der Waals surface area contributed by atoms with Gasteiger partial charge in [-0.3, -0.25) is 4.79 Å². The van der Waals surface area contributed by atoms with Gasteiger partial charge in [-0.05, 0) is 0 Å². The smallest absolute Gasteiger partial charge is 0.276 e. The van der Waals surface area contributed by atoms with Crippen LogP contribution < -0.4 is 27.7 Å². The van der Waals surface area contributed by atoms with Gasteiger partial charge in [0.1, 0.15) is 5.69 Å². The van der Waals surface area contributed by atoms with Crippen LogP contribution >= 0.6 is 0 Å². The van der Waals surface area contributed by atoms with Crippen LogP contribution in [0.4, 0.5) is 11.5 Å². The fourth-order valence-corrected chi connectivity index (χ4v) is 1.29. The lowest BCUT2D eigenvalue weighted by molar-refractivity contribution is 0.768. The van der Waals surface area contributed by atoms with Crippen LogP contribution in [0.25, 0.3) is 0 Å². The number of nitrogen functional groups attached to an aromatic ring is 1. The molecule has 0 atom stereocenters. The van der Waals surface area contributed by atoms with Crippen LogP contribution in [0.2, 0.25) is 0 Å². The van der Waals surface area contributed by atoms with Crippen LogP contribution in [0.5, 0.6) is 0 Å². The predicted octanol–water partition coefficient (Wildman–Crippen LogP) is -1.92. The second-order valence-corrected chi connectivity index (χ2v) is 3.03. The van der Waals surface area contributed by atoms with Gasteiger partial charge in [-0.2, -0.15) is 0 Å². The number of hydrogen-bond donors (Lipinski definition) is 4. The molecule has 84 valence electrons. The molecule has 0 aliphatic heterocycles. The van der Waals surface area contributed by atoms with Gasteiger partial charge in [0.15, 0.2) is 5.82 Å². The highest BCUT2D eigenvalue weighted by Gasteiger charge is 2.11. The molecule has 0 saturated heterocycles. The summed E-state index contributed by atoms with van der Waals surface area (Å²) in [6.07, 6.45) is 1.31. The Bertz CT molecular complexity index is 356. The van der Waals surface area contributed by atoms with E-state index in [0.717, 1.165) is 0 Å². The third-order valence-electron chi connectivity index (χ3n) is 1.97. The van der Waals surface area contributed by atoms with Crippen molar-refractivity contribution >= 4 is 11.5 Å². The molecule has 0 aliphatic rings. The average molecular weight is 212 g/mol. The van der Waals surface area contributed by atoms with Gasteiger partial charge in [0.25, 0.3) is 5.56 Å². The topological polar surface area (TPSA) is 127 Å². The van der Waals surface area contributed by atoms with Crippen molar-refractivity contribution in [3.8, 4) is 0 Å². The van der Waals surface area contributed by atoms with E-state index in [2.05, 4.69) is 9.97 Å². The molecule has 7 nitrogen and oxygen atoms in total. The van der Waals surface area contributed by atoms with Crippen LogP contribution in [0, 0.1) is 0 Å². The molecule has 7 heteroatoms. The molecule has 0 aliphatic carbocycles. The highest BCUT2D eigenvalue weighted by atomic mass is 16.1. The maximum Gasteiger partial charge on any atom is 0.276 e. The minimum Gasteiger partial charge on any atom is -0.391 e. The second kappa shape index (κ2) is 5.32. The summed E-state index contributed by atoms with van der Waals surface area (Å²) < 4.78 is 0. The SMILES string of the molecule is NCCN(CCN)c1nc[nH]c(=O)c1N. The van der Waals surface area contributed by atoms with E-state index in [1.807, 2.05) is 0 Å².